The van der Waals surface area contributed by atoms with Crippen molar-refractivity contribution < 1.29 is 14.4 Å². The van der Waals surface area contributed by atoms with E-state index >= 15 is 0 Å². The number of aryl methyl sites for hydroxylation is 1. The first kappa shape index (κ1) is 29.9. The number of amides is 2. The number of nitrogens with one attached hydrogen (secondary N) is 1. The number of ketones is 1. The van der Waals surface area contributed by atoms with Gasteiger partial charge in [-0.25, -0.2) is 14.6 Å². The molecule has 0 radical (unpaired) electrons. The Hall–Kier alpha value is -3.19. The topological polar surface area (TPSA) is 113 Å². The normalized spacial score (nSPS) is 22.6. The molecule has 1 N–H and O–H groups in total. The van der Waals surface area contributed by atoms with Crippen LogP contribution in [0.15, 0.2) is 43.0 Å². The van der Waals surface area contributed by atoms with Gasteiger partial charge in [0.25, 0.3) is 5.91 Å². The maximum Gasteiger partial charge on any atom is 0.257 e. The predicted octanol–water partition coefficient (Wildman–Crippen LogP) is 3.83. The van der Waals surface area contributed by atoms with Gasteiger partial charge in [-0.1, -0.05) is 46.9 Å². The number of likely N-dealkylation sites (tertiary alicyclic amines) is 2. The van der Waals surface area contributed by atoms with Crippen molar-refractivity contribution in [3.8, 4) is 5.69 Å². The van der Waals surface area contributed by atoms with Gasteiger partial charge in [0.2, 0.25) is 5.91 Å². The molecule has 3 aliphatic rings. The number of benzene rings is 1. The number of carbonyl (C=O) groups excluding carboxylic acids is 3. The molecule has 4 heterocycles. The Morgan fingerprint density at radius 3 is 2.51 bits per heavy atom. The third-order valence-electron chi connectivity index (χ3n) is 9.32. The summed E-state index contributed by atoms with van der Waals surface area (Å²) in [5.74, 6) is 0.880. The Morgan fingerprint density at radius 2 is 1.84 bits per heavy atom. The molecule has 6 rings (SSSR count). The SMILES string of the molecule is Cc1nn(-c2cncnc2)c(C)c1C(=O)N1CC2CN(CC[C@H](NC(=O)C3CCC(=O)C3)c3cccc(CI)c3)CC2C1. The zero-order valence-electron chi connectivity index (χ0n) is 24.7. The summed E-state index contributed by atoms with van der Waals surface area (Å²) in [4.78, 5) is 51.2. The molecule has 1 aromatic carbocycles. The van der Waals surface area contributed by atoms with Gasteiger partial charge < -0.3 is 15.1 Å². The molecule has 0 bridgehead atoms. The molecule has 3 unspecified atom stereocenters. The smallest absolute Gasteiger partial charge is 0.257 e. The van der Waals surface area contributed by atoms with Crippen molar-refractivity contribution >= 4 is 40.2 Å². The Balaban J connectivity index is 1.08. The van der Waals surface area contributed by atoms with Gasteiger partial charge in [0, 0.05) is 55.9 Å². The zero-order chi connectivity index (χ0) is 30.1. The molecule has 226 valence electrons. The van der Waals surface area contributed by atoms with Crippen LogP contribution in [0.1, 0.15) is 64.6 Å². The van der Waals surface area contributed by atoms with Crippen LogP contribution in [0.4, 0.5) is 0 Å². The summed E-state index contributed by atoms with van der Waals surface area (Å²) in [6, 6.07) is 8.37. The van der Waals surface area contributed by atoms with Crippen molar-refractivity contribution in [2.45, 2.75) is 50.0 Å². The molecule has 1 saturated carbocycles. The number of carbonyl (C=O) groups is 3. The average Bonchev–Trinajstić information content (AvgIpc) is 3.78. The van der Waals surface area contributed by atoms with Crippen molar-refractivity contribution in [1.82, 2.24) is 34.9 Å². The van der Waals surface area contributed by atoms with E-state index in [0.29, 0.717) is 42.4 Å². The van der Waals surface area contributed by atoms with Crippen LogP contribution in [0.3, 0.4) is 0 Å². The minimum absolute atomic E-state index is 0.00290. The number of fused-ring (bicyclic) bond motifs is 1. The number of nitrogens with zero attached hydrogens (tertiary/aromatic N) is 6. The van der Waals surface area contributed by atoms with Crippen LogP contribution in [-0.2, 0) is 14.0 Å². The highest BCUT2D eigenvalue weighted by atomic mass is 127. The van der Waals surface area contributed by atoms with Crippen molar-refractivity contribution in [1.29, 1.82) is 0 Å². The quantitative estimate of drug-likeness (QED) is 0.268. The van der Waals surface area contributed by atoms with Gasteiger partial charge in [-0.15, -0.1) is 0 Å². The Morgan fingerprint density at radius 1 is 1.09 bits per heavy atom. The fourth-order valence-corrected chi connectivity index (χ4v) is 7.53. The monoisotopic (exact) mass is 695 g/mol. The first-order chi connectivity index (χ1) is 20.8. The number of hydrogen-bond acceptors (Lipinski definition) is 7. The summed E-state index contributed by atoms with van der Waals surface area (Å²) >= 11 is 2.37. The minimum Gasteiger partial charge on any atom is -0.349 e. The lowest BCUT2D eigenvalue weighted by molar-refractivity contribution is -0.127. The molecule has 10 nitrogen and oxygen atoms in total. The standard InChI is InChI=1S/C32H38IN7O3/c1-20-30(21(2)40(37-20)27-13-34-19-35-14-27)32(43)39-17-25-15-38(16-26(25)18-39)9-8-29(23-5-3-4-22(10-23)12-33)36-31(42)24-6-7-28(41)11-24/h3-5,10,13-14,19,24-26,29H,6-9,11-12,15-18H2,1-2H3,(H,36,42)/t24?,25?,26?,29-/m0/s1. The van der Waals surface area contributed by atoms with Crippen LogP contribution in [-0.4, -0.2) is 79.9 Å². The van der Waals surface area contributed by atoms with E-state index in [9.17, 15) is 14.4 Å². The van der Waals surface area contributed by atoms with E-state index < -0.39 is 0 Å². The Kier molecular flexibility index (Phi) is 8.90. The van der Waals surface area contributed by atoms with Crippen LogP contribution in [0, 0.1) is 31.6 Å². The zero-order valence-corrected chi connectivity index (χ0v) is 26.9. The van der Waals surface area contributed by atoms with Crippen molar-refractivity contribution in [3.05, 3.63) is 71.1 Å². The van der Waals surface area contributed by atoms with Gasteiger partial charge in [0.1, 0.15) is 17.8 Å². The maximum atomic E-state index is 13.7. The molecule has 11 heteroatoms. The summed E-state index contributed by atoms with van der Waals surface area (Å²) in [6.07, 6.45) is 7.19. The van der Waals surface area contributed by atoms with Gasteiger partial charge in [0.05, 0.1) is 35.4 Å². The Bertz CT molecular complexity index is 1500. The van der Waals surface area contributed by atoms with Crippen LogP contribution >= 0.6 is 22.6 Å². The lowest BCUT2D eigenvalue weighted by Crippen LogP contribution is -2.37. The molecule has 4 atom stereocenters. The number of Topliss-reactive ketones (excluding diaryl/α,β-unsaturated/α-hetero) is 1. The van der Waals surface area contributed by atoms with E-state index in [4.69, 9.17) is 0 Å². The van der Waals surface area contributed by atoms with E-state index in [1.807, 2.05) is 18.7 Å². The number of halogens is 1. The largest absolute Gasteiger partial charge is 0.349 e. The first-order valence-corrected chi connectivity index (χ1v) is 16.6. The van der Waals surface area contributed by atoms with Gasteiger partial charge in [-0.05, 0) is 49.7 Å². The number of aromatic nitrogens is 4. The highest BCUT2D eigenvalue weighted by Gasteiger charge is 2.42. The number of rotatable bonds is 9. The summed E-state index contributed by atoms with van der Waals surface area (Å²) in [7, 11) is 0. The highest BCUT2D eigenvalue weighted by Crippen LogP contribution is 2.34. The second-order valence-electron chi connectivity index (χ2n) is 12.3. The molecule has 1 aliphatic carbocycles. The second kappa shape index (κ2) is 12.8. The molecule has 43 heavy (non-hydrogen) atoms. The van der Waals surface area contributed by atoms with Gasteiger partial charge in [0.15, 0.2) is 0 Å². The fraction of sp³-hybridized carbons (Fsp3) is 0.500. The number of hydrogen-bond donors (Lipinski definition) is 1. The van der Waals surface area contributed by atoms with Crippen LogP contribution in [0.25, 0.3) is 5.69 Å². The predicted molar refractivity (Wildman–Crippen MR) is 170 cm³/mol. The van der Waals surface area contributed by atoms with Crippen molar-refractivity contribution in [2.24, 2.45) is 17.8 Å². The van der Waals surface area contributed by atoms with Crippen LogP contribution in [0.2, 0.25) is 0 Å². The molecule has 3 fully saturated rings. The highest BCUT2D eigenvalue weighted by molar-refractivity contribution is 14.1. The minimum atomic E-state index is -0.210. The summed E-state index contributed by atoms with van der Waals surface area (Å²) in [5.41, 5.74) is 5.28. The van der Waals surface area contributed by atoms with Crippen molar-refractivity contribution in [2.75, 3.05) is 32.7 Å². The summed E-state index contributed by atoms with van der Waals surface area (Å²) in [5, 5.41) is 7.91. The second-order valence-corrected chi connectivity index (χ2v) is 13.0. The molecule has 2 aliphatic heterocycles. The average molecular weight is 696 g/mol. The van der Waals surface area contributed by atoms with E-state index in [2.05, 4.69) is 72.1 Å². The van der Waals surface area contributed by atoms with Crippen molar-refractivity contribution in [3.63, 3.8) is 0 Å². The van der Waals surface area contributed by atoms with Crippen LogP contribution in [0.5, 0.6) is 0 Å². The molecule has 0 spiro atoms. The maximum absolute atomic E-state index is 13.7. The lowest BCUT2D eigenvalue weighted by atomic mass is 9.99. The van der Waals surface area contributed by atoms with E-state index in [0.717, 1.165) is 60.5 Å². The van der Waals surface area contributed by atoms with Gasteiger partial charge in [-0.2, -0.15) is 5.10 Å². The van der Waals surface area contributed by atoms with E-state index in [1.165, 1.54) is 11.9 Å². The van der Waals surface area contributed by atoms with Gasteiger partial charge >= 0.3 is 0 Å². The molecule has 2 aromatic heterocycles. The van der Waals surface area contributed by atoms with Crippen LogP contribution < -0.4 is 5.32 Å². The molecular weight excluding hydrogens is 657 g/mol. The molecule has 2 amide bonds. The molecule has 3 aromatic rings. The Labute approximate surface area is 265 Å². The first-order valence-electron chi connectivity index (χ1n) is 15.1. The van der Waals surface area contributed by atoms with E-state index in [1.54, 1.807) is 17.1 Å². The van der Waals surface area contributed by atoms with Gasteiger partial charge in [-0.3, -0.25) is 14.4 Å². The van der Waals surface area contributed by atoms with E-state index in [-0.39, 0.29) is 29.6 Å². The summed E-state index contributed by atoms with van der Waals surface area (Å²) < 4.78 is 2.66. The summed E-state index contributed by atoms with van der Waals surface area (Å²) in [6.45, 7) is 8.05. The molecule has 2 saturated heterocycles. The third-order valence-corrected chi connectivity index (χ3v) is 10.2. The lowest BCUT2D eigenvalue weighted by Gasteiger charge is -2.26. The third kappa shape index (κ3) is 6.38. The fourth-order valence-electron chi connectivity index (χ4n) is 7.06. The molecular formula is C32H38IN7O3. The number of alkyl halides is 1.